The van der Waals surface area contributed by atoms with Gasteiger partial charge in [-0.15, -0.1) is 11.3 Å². The van der Waals surface area contributed by atoms with E-state index in [4.69, 9.17) is 4.98 Å². The Morgan fingerprint density at radius 3 is 2.89 bits per heavy atom. The van der Waals surface area contributed by atoms with Gasteiger partial charge in [-0.05, 0) is 45.7 Å². The quantitative estimate of drug-likeness (QED) is 0.893. The fraction of sp³-hybridized carbons (Fsp3) is 0.438. The van der Waals surface area contributed by atoms with E-state index >= 15 is 0 Å². The highest BCUT2D eigenvalue weighted by Gasteiger charge is 2.23. The fourth-order valence-electron chi connectivity index (χ4n) is 2.86. The number of benzene rings is 1. The number of aromatic nitrogens is 1. The SMILES string of the molecule is CNC1CCCc2nc(-c3ccc(C)cc3C)sc21. The van der Waals surface area contributed by atoms with E-state index in [2.05, 4.69) is 44.4 Å². The van der Waals surface area contributed by atoms with Gasteiger partial charge < -0.3 is 5.32 Å². The highest BCUT2D eigenvalue weighted by Crippen LogP contribution is 2.38. The van der Waals surface area contributed by atoms with Gasteiger partial charge >= 0.3 is 0 Å². The zero-order chi connectivity index (χ0) is 13.4. The number of rotatable bonds is 2. The molecule has 0 saturated carbocycles. The standard InChI is InChI=1S/C16H20N2S/c1-10-7-8-12(11(2)9-10)16-18-14-6-4-5-13(17-3)15(14)19-16/h7-9,13,17H,4-6H2,1-3H3. The van der Waals surface area contributed by atoms with Crippen LogP contribution in [0.3, 0.4) is 0 Å². The maximum absolute atomic E-state index is 4.89. The van der Waals surface area contributed by atoms with E-state index in [1.807, 2.05) is 11.3 Å². The molecule has 1 aromatic carbocycles. The molecule has 1 aromatic heterocycles. The van der Waals surface area contributed by atoms with Crippen LogP contribution in [0.1, 0.15) is 40.6 Å². The summed E-state index contributed by atoms with van der Waals surface area (Å²) in [5.41, 5.74) is 5.24. The Bertz CT molecular complexity index is 601. The monoisotopic (exact) mass is 272 g/mol. The van der Waals surface area contributed by atoms with Crippen LogP contribution in [0.15, 0.2) is 18.2 Å². The Kier molecular flexibility index (Phi) is 3.42. The van der Waals surface area contributed by atoms with Crippen LogP contribution in [-0.2, 0) is 6.42 Å². The van der Waals surface area contributed by atoms with E-state index in [0.717, 1.165) is 6.42 Å². The van der Waals surface area contributed by atoms with Crippen molar-refractivity contribution in [1.82, 2.24) is 10.3 Å². The fourth-order valence-corrected chi connectivity index (χ4v) is 4.21. The summed E-state index contributed by atoms with van der Waals surface area (Å²) in [5, 5.41) is 4.60. The first kappa shape index (κ1) is 12.8. The summed E-state index contributed by atoms with van der Waals surface area (Å²) < 4.78 is 0. The van der Waals surface area contributed by atoms with Crippen LogP contribution in [0.2, 0.25) is 0 Å². The number of aryl methyl sites for hydroxylation is 3. The van der Waals surface area contributed by atoms with Crippen molar-refractivity contribution in [2.45, 2.75) is 39.2 Å². The molecule has 0 saturated heterocycles. The summed E-state index contributed by atoms with van der Waals surface area (Å²) in [6, 6.07) is 7.13. The van der Waals surface area contributed by atoms with Gasteiger partial charge in [-0.1, -0.05) is 23.8 Å². The van der Waals surface area contributed by atoms with Crippen molar-refractivity contribution in [2.75, 3.05) is 7.05 Å². The number of fused-ring (bicyclic) bond motifs is 1. The maximum atomic E-state index is 4.89. The van der Waals surface area contributed by atoms with Crippen molar-refractivity contribution in [3.8, 4) is 10.6 Å². The second-order valence-electron chi connectivity index (χ2n) is 5.38. The molecule has 100 valence electrons. The third-order valence-corrected chi connectivity index (χ3v) is 5.16. The Hall–Kier alpha value is -1.19. The molecule has 1 N–H and O–H groups in total. The lowest BCUT2D eigenvalue weighted by atomic mass is 9.98. The van der Waals surface area contributed by atoms with Gasteiger partial charge in [-0.25, -0.2) is 4.98 Å². The molecule has 2 aromatic rings. The second kappa shape index (κ2) is 5.06. The summed E-state index contributed by atoms with van der Waals surface area (Å²) >= 11 is 1.87. The number of nitrogens with zero attached hydrogens (tertiary/aromatic N) is 1. The molecule has 2 nitrogen and oxygen atoms in total. The van der Waals surface area contributed by atoms with Crippen molar-refractivity contribution in [3.05, 3.63) is 39.9 Å². The van der Waals surface area contributed by atoms with E-state index in [-0.39, 0.29) is 0 Å². The second-order valence-corrected chi connectivity index (χ2v) is 6.41. The average Bonchev–Trinajstić information content (AvgIpc) is 2.81. The average molecular weight is 272 g/mol. The molecule has 0 radical (unpaired) electrons. The molecule has 0 amide bonds. The molecular weight excluding hydrogens is 252 g/mol. The van der Waals surface area contributed by atoms with Crippen LogP contribution in [0.5, 0.6) is 0 Å². The Labute approximate surface area is 118 Å². The number of thiazole rings is 1. The Morgan fingerprint density at radius 2 is 2.16 bits per heavy atom. The lowest BCUT2D eigenvalue weighted by Crippen LogP contribution is -2.19. The largest absolute Gasteiger partial charge is 0.312 e. The molecule has 0 bridgehead atoms. The molecule has 1 aliphatic rings. The molecule has 3 rings (SSSR count). The molecule has 0 aliphatic heterocycles. The molecule has 0 fully saturated rings. The molecule has 3 heteroatoms. The van der Waals surface area contributed by atoms with E-state index in [1.54, 1.807) is 0 Å². The normalized spacial score (nSPS) is 18.4. The van der Waals surface area contributed by atoms with E-state index < -0.39 is 0 Å². The van der Waals surface area contributed by atoms with Crippen molar-refractivity contribution >= 4 is 11.3 Å². The third kappa shape index (κ3) is 2.33. The minimum Gasteiger partial charge on any atom is -0.312 e. The summed E-state index contributed by atoms with van der Waals surface area (Å²) in [5.74, 6) is 0. The highest BCUT2D eigenvalue weighted by atomic mass is 32.1. The first-order valence-corrected chi connectivity index (χ1v) is 7.75. The van der Waals surface area contributed by atoms with Crippen LogP contribution in [0.25, 0.3) is 10.6 Å². The van der Waals surface area contributed by atoms with Crippen molar-refractivity contribution in [3.63, 3.8) is 0 Å². The number of hydrogen-bond acceptors (Lipinski definition) is 3. The van der Waals surface area contributed by atoms with Gasteiger partial charge in [0.25, 0.3) is 0 Å². The molecule has 1 atom stereocenters. The van der Waals surface area contributed by atoms with Gasteiger partial charge in [0, 0.05) is 16.5 Å². The third-order valence-electron chi connectivity index (χ3n) is 3.91. The van der Waals surface area contributed by atoms with Crippen LogP contribution >= 0.6 is 11.3 Å². The summed E-state index contributed by atoms with van der Waals surface area (Å²) in [6.07, 6.45) is 3.61. The van der Waals surface area contributed by atoms with E-state index in [1.165, 1.54) is 45.1 Å². The number of hydrogen-bond donors (Lipinski definition) is 1. The van der Waals surface area contributed by atoms with Crippen LogP contribution in [0.4, 0.5) is 0 Å². The first-order valence-electron chi connectivity index (χ1n) is 6.93. The van der Waals surface area contributed by atoms with Crippen molar-refractivity contribution in [2.24, 2.45) is 0 Å². The van der Waals surface area contributed by atoms with Crippen LogP contribution in [-0.4, -0.2) is 12.0 Å². The summed E-state index contributed by atoms with van der Waals surface area (Å²) in [6.45, 7) is 4.32. The molecule has 1 unspecified atom stereocenters. The predicted octanol–water partition coefficient (Wildman–Crippen LogP) is 4.02. The predicted molar refractivity (Wildman–Crippen MR) is 81.8 cm³/mol. The topological polar surface area (TPSA) is 24.9 Å². The van der Waals surface area contributed by atoms with Gasteiger partial charge in [0.05, 0.1) is 5.69 Å². The van der Waals surface area contributed by atoms with Gasteiger partial charge in [0.2, 0.25) is 0 Å². The minimum atomic E-state index is 0.501. The molecular formula is C16H20N2S. The van der Waals surface area contributed by atoms with E-state index in [9.17, 15) is 0 Å². The molecule has 1 aliphatic carbocycles. The van der Waals surface area contributed by atoms with Gasteiger partial charge in [0.15, 0.2) is 0 Å². The van der Waals surface area contributed by atoms with Crippen LogP contribution < -0.4 is 5.32 Å². The molecule has 1 heterocycles. The highest BCUT2D eigenvalue weighted by molar-refractivity contribution is 7.15. The zero-order valence-electron chi connectivity index (χ0n) is 11.8. The van der Waals surface area contributed by atoms with E-state index in [0.29, 0.717) is 6.04 Å². The van der Waals surface area contributed by atoms with Crippen molar-refractivity contribution < 1.29 is 0 Å². The summed E-state index contributed by atoms with van der Waals surface area (Å²) in [7, 11) is 2.05. The summed E-state index contributed by atoms with van der Waals surface area (Å²) in [4.78, 5) is 6.34. The zero-order valence-corrected chi connectivity index (χ0v) is 12.6. The van der Waals surface area contributed by atoms with Gasteiger partial charge in [-0.2, -0.15) is 0 Å². The lowest BCUT2D eigenvalue weighted by Gasteiger charge is -2.19. The minimum absolute atomic E-state index is 0.501. The molecule has 0 spiro atoms. The van der Waals surface area contributed by atoms with Gasteiger partial charge in [0.1, 0.15) is 5.01 Å². The maximum Gasteiger partial charge on any atom is 0.124 e. The van der Waals surface area contributed by atoms with Gasteiger partial charge in [-0.3, -0.25) is 0 Å². The van der Waals surface area contributed by atoms with Crippen LogP contribution in [0, 0.1) is 13.8 Å². The Morgan fingerprint density at radius 1 is 1.32 bits per heavy atom. The smallest absolute Gasteiger partial charge is 0.124 e. The Balaban J connectivity index is 2.05. The first-order chi connectivity index (χ1) is 9.19. The number of nitrogens with one attached hydrogen (secondary N) is 1. The lowest BCUT2D eigenvalue weighted by molar-refractivity contribution is 0.501. The van der Waals surface area contributed by atoms with Crippen molar-refractivity contribution in [1.29, 1.82) is 0 Å². The molecule has 19 heavy (non-hydrogen) atoms.